The summed E-state index contributed by atoms with van der Waals surface area (Å²) in [5, 5.41) is 65.9. The van der Waals surface area contributed by atoms with Crippen LogP contribution in [0.3, 0.4) is 0 Å². The number of carboxylic acids is 2. The normalized spacial score (nSPS) is 26.1. The van der Waals surface area contributed by atoms with Crippen LogP contribution in [0.2, 0.25) is 0 Å². The van der Waals surface area contributed by atoms with Gasteiger partial charge in [0, 0.05) is 67.9 Å². The number of hydrogen-bond acceptors (Lipinski definition) is 27. The Morgan fingerprint density at radius 1 is 0.805 bits per heavy atom. The Hall–Kier alpha value is -9.46. The lowest BCUT2D eigenvalue weighted by Crippen LogP contribution is -2.64. The van der Waals surface area contributed by atoms with Crippen molar-refractivity contribution >= 4 is 124 Å². The Kier molecular flexibility index (Phi) is 27.2. The summed E-state index contributed by atoms with van der Waals surface area (Å²) >= 11 is 2.51. The van der Waals surface area contributed by atoms with Crippen LogP contribution in [-0.4, -0.2) is 274 Å². The molecular formula is C83H103N11O25S4. The van der Waals surface area contributed by atoms with Gasteiger partial charge in [0.25, 0.3) is 26.1 Å². The molecule has 7 heterocycles. The molecule has 4 bridgehead atoms. The van der Waals surface area contributed by atoms with E-state index in [1.54, 1.807) is 50.6 Å². The third-order valence-electron chi connectivity index (χ3n) is 24.7. The van der Waals surface area contributed by atoms with E-state index in [0.717, 1.165) is 72.8 Å². The van der Waals surface area contributed by atoms with Gasteiger partial charge < -0.3 is 69.8 Å². The molecule has 7 fully saturated rings. The molecule has 14 rings (SSSR count). The van der Waals surface area contributed by atoms with E-state index in [4.69, 9.17) is 29.0 Å². The van der Waals surface area contributed by atoms with Gasteiger partial charge in [0.15, 0.2) is 22.7 Å². The maximum absolute atomic E-state index is 14.5. The van der Waals surface area contributed by atoms with Crippen molar-refractivity contribution in [3.05, 3.63) is 124 Å². The molecule has 4 saturated carbocycles. The topological polar surface area (TPSA) is 510 Å². The van der Waals surface area contributed by atoms with Gasteiger partial charge in [0.1, 0.15) is 42.8 Å². The van der Waals surface area contributed by atoms with E-state index in [1.807, 2.05) is 52.9 Å². The number of ether oxygens (including phenoxy) is 4. The lowest BCUT2D eigenvalue weighted by molar-refractivity contribution is -0.248. The molecule has 36 nitrogen and oxygen atoms in total. The quantitative estimate of drug-likeness (QED) is 0.0140. The lowest BCUT2D eigenvalue weighted by atomic mass is 9.39. The number of carboxylic acid groups (broad SMARTS) is 2. The first-order valence-electron chi connectivity index (χ1n) is 40.7. The molecule has 4 aliphatic carbocycles. The molecule has 40 heteroatoms. The number of thioether (sulfide) groups is 1. The van der Waals surface area contributed by atoms with Crippen LogP contribution in [0, 0.1) is 29.1 Å². The molecule has 3 aromatic carbocycles. The Morgan fingerprint density at radius 2 is 1.54 bits per heavy atom. The maximum Gasteiger partial charge on any atom is 0.410 e. The predicted molar refractivity (Wildman–Crippen MR) is 446 cm³/mol. The fourth-order valence-electron chi connectivity index (χ4n) is 20.0. The number of amides is 7. The summed E-state index contributed by atoms with van der Waals surface area (Å²) < 4.78 is 93.8. The Bertz CT molecular complexity index is 5300. The van der Waals surface area contributed by atoms with Gasteiger partial charge in [-0.1, -0.05) is 81.5 Å². The number of fused-ring (bicyclic) bond motifs is 2. The molecule has 664 valence electrons. The van der Waals surface area contributed by atoms with Gasteiger partial charge in [-0.3, -0.25) is 57.6 Å². The number of aromatic nitrogens is 4. The molecule has 3 unspecified atom stereocenters. The van der Waals surface area contributed by atoms with Gasteiger partial charge in [0.05, 0.1) is 83.3 Å². The highest BCUT2D eigenvalue weighted by molar-refractivity contribution is 8.00. The summed E-state index contributed by atoms with van der Waals surface area (Å²) in [6.45, 7) is 9.36. The summed E-state index contributed by atoms with van der Waals surface area (Å²) in [5.41, 5.74) is 4.01. The molecule has 123 heavy (non-hydrogen) atoms. The van der Waals surface area contributed by atoms with Crippen LogP contribution in [0.1, 0.15) is 147 Å². The Balaban J connectivity index is 0.665. The third kappa shape index (κ3) is 20.7. The number of aromatic carboxylic acids is 1. The number of carbonyl (C=O) groups excluding carboxylic acids is 8. The number of aliphatic carboxylic acids is 1. The van der Waals surface area contributed by atoms with E-state index >= 15 is 0 Å². The number of thiazole rings is 1. The number of pyridine rings is 1. The van der Waals surface area contributed by atoms with Gasteiger partial charge in [-0.2, -0.15) is 33.7 Å². The van der Waals surface area contributed by atoms with E-state index in [2.05, 4.69) is 34.8 Å². The number of Topliss-reactive ketones (excluding diaryl/α,β-unsaturated/α-hetero) is 1. The molecule has 10 N–H and O–H groups in total. The summed E-state index contributed by atoms with van der Waals surface area (Å²) in [7, 11) is -9.11. The minimum Gasteiger partial charge on any atom is -0.479 e. The number of likely N-dealkylation sites (tertiary alicyclic amines) is 2. The first-order chi connectivity index (χ1) is 58.0. The average Bonchev–Trinajstić information content (AvgIpc) is 0.978. The van der Waals surface area contributed by atoms with Crippen molar-refractivity contribution < 1.29 is 118 Å². The zero-order chi connectivity index (χ0) is 88.7. The van der Waals surface area contributed by atoms with Crippen molar-refractivity contribution in [2.75, 3.05) is 74.0 Å². The van der Waals surface area contributed by atoms with E-state index in [9.17, 15) is 99.4 Å². The molecule has 0 radical (unpaired) electrons. The average molecular weight is 1780 g/mol. The number of hydrogen-bond donors (Lipinski definition) is 10. The van der Waals surface area contributed by atoms with Crippen LogP contribution in [0.4, 0.5) is 15.7 Å². The highest BCUT2D eigenvalue weighted by atomic mass is 32.2. The minimum absolute atomic E-state index is 0.0968. The van der Waals surface area contributed by atoms with E-state index in [-0.39, 0.29) is 79.7 Å². The first-order valence-corrected chi connectivity index (χ1v) is 46.0. The molecule has 8 aliphatic rings. The second kappa shape index (κ2) is 36.6. The molecule has 0 spiro atoms. The summed E-state index contributed by atoms with van der Waals surface area (Å²) in [6.07, 6.45) is -2.72. The highest BCUT2D eigenvalue weighted by Crippen LogP contribution is 2.72. The lowest BCUT2D eigenvalue weighted by Gasteiger charge is -2.69. The maximum atomic E-state index is 14.5. The van der Waals surface area contributed by atoms with Crippen molar-refractivity contribution in [1.29, 1.82) is 0 Å². The molecule has 7 amide bonds. The van der Waals surface area contributed by atoms with Crippen molar-refractivity contribution in [1.82, 2.24) is 45.1 Å². The van der Waals surface area contributed by atoms with Gasteiger partial charge in [-0.05, 0) is 165 Å². The van der Waals surface area contributed by atoms with Gasteiger partial charge in [-0.25, -0.2) is 24.4 Å². The number of aliphatic hydroxyl groups is 3. The van der Waals surface area contributed by atoms with E-state index < -0.39 is 183 Å². The van der Waals surface area contributed by atoms with Gasteiger partial charge in [0.2, 0.25) is 29.5 Å². The Morgan fingerprint density at radius 3 is 2.22 bits per heavy atom. The summed E-state index contributed by atoms with van der Waals surface area (Å²) in [4.78, 5) is 151. The number of benzene rings is 3. The van der Waals surface area contributed by atoms with Crippen LogP contribution in [0.25, 0.3) is 21.3 Å². The summed E-state index contributed by atoms with van der Waals surface area (Å²) in [6, 6.07) is 16.5. The molecule has 4 aliphatic heterocycles. The molecule has 12 atom stereocenters. The number of rotatable bonds is 36. The fourth-order valence-corrected chi connectivity index (χ4v) is 22.3. The molecule has 3 aromatic heterocycles. The van der Waals surface area contributed by atoms with Crippen LogP contribution < -0.4 is 20.9 Å². The van der Waals surface area contributed by atoms with Crippen LogP contribution >= 0.6 is 23.1 Å². The number of ketones is 1. The minimum atomic E-state index is -4.67. The standard InChI is InChI=1S/C83H103N11O25S4/c1-45(2)66(88-64(96)35-92-52(37-116-26-28-123(113,114)115)31-58(74(92)103)94-65(97)32-62(120-7)75(94)104)73(102)85-46(3)59(95)30-48-15-16-51(50(29-48)17-19-60-68(98)69(99)70(100)71(119-60)77(107)108)36-117-79(109)90(24-27-122(110,111)112)23-25-118-83-41-80(5)38-81(6,42-83)40-82(39-80,43-83)44-93-47(4)55(33-84-93)53-18-20-63(87-67(53)76(105)106)91-22-21-49-11-10-12-54(56(49)34-91)72(101)89-78-86-57-13-8-9-14-61(57)121-78/h8-16,18,20,29,33,45-46,52,58,60,62,66,68-71,98-100H,17,19,21-28,30-32,34-44H2,1-7H3,(H,85,102)(H,88,96)(H,105,106)(H,107,108)(H,86,89,101)(H,110,111,112)(H,113,114,115)/t46-,52-,58-,60-,62?,66-,68-,69+,70-,71-,80?,81?,82?,83?/m0/s1. The molecule has 6 aromatic rings. The molecular weight excluding hydrogens is 1680 g/mol. The van der Waals surface area contributed by atoms with E-state index in [1.165, 1.54) is 30.4 Å². The second-order valence-electron chi connectivity index (χ2n) is 34.7. The van der Waals surface area contributed by atoms with Crippen molar-refractivity contribution in [3.63, 3.8) is 0 Å². The van der Waals surface area contributed by atoms with Gasteiger partial charge >= 0.3 is 18.0 Å². The number of carbonyl (C=O) groups is 10. The number of imide groups is 1. The fraction of sp³-hybridized carbons (Fsp3) is 0.554. The largest absolute Gasteiger partial charge is 0.479 e. The SMILES string of the molecule is CSC1CC(=O)N([C@H]2C[C@@H](COCCS(=O)(=O)O)N(CC(=O)N[C@H](C(=O)N[C@@H](C)C(=O)Cc3ccc(COC(=O)N(CCOC45CC6(C)CC(C)(CC(Cn7ncc(-c8ccc(N9CCc%10cccc(C(=O)Nc%11nc%12ccccc%12s%11)c%10C9)nc8C(=O)O)c7C)(C6)C4)C5)CCS(=O)(=O)O)c(CC[C@@H]4O[C@H](C(=O)O)[C@@H](O)[C@H](O)[C@H]4O)c3)C(C)C)C2=O)C1=O. The zero-order valence-corrected chi connectivity index (χ0v) is 72.3. The van der Waals surface area contributed by atoms with Crippen LogP contribution in [0.5, 0.6) is 0 Å². The number of nitrogens with zero attached hydrogens (tertiary/aromatic N) is 8. The van der Waals surface area contributed by atoms with E-state index in [0.29, 0.717) is 89.6 Å². The number of aryl methyl sites for hydroxylation is 1. The van der Waals surface area contributed by atoms with Crippen molar-refractivity contribution in [2.24, 2.45) is 22.2 Å². The second-order valence-corrected chi connectivity index (χ2v) is 40.0. The van der Waals surface area contributed by atoms with Crippen LogP contribution in [-0.2, 0) is 112 Å². The predicted octanol–water partition coefficient (Wildman–Crippen LogP) is 5.03. The number of aliphatic hydroxyl groups excluding tert-OH is 3. The smallest absolute Gasteiger partial charge is 0.410 e. The van der Waals surface area contributed by atoms with Gasteiger partial charge in [-0.15, -0.1) is 0 Å². The monoisotopic (exact) mass is 1780 g/mol. The first kappa shape index (κ1) is 91.2. The number of para-hydroxylation sites is 1. The number of nitrogens with one attached hydrogen (secondary N) is 3. The zero-order valence-electron chi connectivity index (χ0n) is 69.0. The van der Waals surface area contributed by atoms with Crippen molar-refractivity contribution in [3.8, 4) is 11.1 Å². The number of anilines is 2. The molecule has 3 saturated heterocycles. The summed E-state index contributed by atoms with van der Waals surface area (Å²) in [5.74, 6) is -9.24. The third-order valence-corrected chi connectivity index (χ3v) is 28.0. The Labute approximate surface area is 718 Å². The van der Waals surface area contributed by atoms with Crippen molar-refractivity contribution in [2.45, 2.75) is 204 Å². The highest BCUT2D eigenvalue weighted by Gasteiger charge is 2.66. The van der Waals surface area contributed by atoms with Crippen LogP contribution in [0.15, 0.2) is 79.0 Å².